The Kier molecular flexibility index (Phi) is 7.06. The molecule has 3 N–H and O–H groups in total. The fourth-order valence-electron chi connectivity index (χ4n) is 2.15. The molecule has 0 unspecified atom stereocenters. The number of hydrogen-bond acceptors (Lipinski definition) is 4. The average Bonchev–Trinajstić information content (AvgIpc) is 2.44. The predicted octanol–water partition coefficient (Wildman–Crippen LogP) is 2.75. The number of carbonyl (C=O) groups is 1. The van der Waals surface area contributed by atoms with E-state index in [1.807, 2.05) is 6.07 Å². The van der Waals surface area contributed by atoms with E-state index in [1.165, 1.54) is 0 Å². The monoisotopic (exact) mass is 388 g/mol. The lowest BCUT2D eigenvalue weighted by atomic mass is 10.1. The standard InChI is InChI=1S/C15H17BrN2O3.ClH/c1-9-11-8-10(16)4-5-12(11)21-15(20)13(9)14(19)18-7-3-2-6-17;/h4-5,8H,2-3,6-7,17H2,1H3,(H,18,19);1H. The van der Waals surface area contributed by atoms with Crippen LogP contribution in [0, 0.1) is 6.92 Å². The average molecular weight is 390 g/mol. The van der Waals surface area contributed by atoms with E-state index in [2.05, 4.69) is 21.2 Å². The van der Waals surface area contributed by atoms with E-state index in [0.717, 1.165) is 22.7 Å². The van der Waals surface area contributed by atoms with Gasteiger partial charge in [0, 0.05) is 16.4 Å². The highest BCUT2D eigenvalue weighted by atomic mass is 79.9. The second-order valence-corrected chi connectivity index (χ2v) is 5.70. The molecule has 7 heteroatoms. The van der Waals surface area contributed by atoms with Gasteiger partial charge in [-0.3, -0.25) is 4.79 Å². The maximum atomic E-state index is 12.2. The third kappa shape index (κ3) is 4.09. The molecule has 1 amide bonds. The van der Waals surface area contributed by atoms with Crippen LogP contribution in [0.4, 0.5) is 0 Å². The summed E-state index contributed by atoms with van der Waals surface area (Å²) in [5, 5.41) is 3.47. The Hall–Kier alpha value is -1.37. The van der Waals surface area contributed by atoms with Gasteiger partial charge in [0.15, 0.2) is 0 Å². The molecule has 0 aliphatic rings. The minimum atomic E-state index is -0.612. The first-order chi connectivity index (χ1) is 10.0. The van der Waals surface area contributed by atoms with Crippen LogP contribution in [0.3, 0.4) is 0 Å². The predicted molar refractivity (Wildman–Crippen MR) is 92.8 cm³/mol. The molecule has 5 nitrogen and oxygen atoms in total. The molecule has 0 fully saturated rings. The van der Waals surface area contributed by atoms with Crippen LogP contribution in [0.1, 0.15) is 28.8 Å². The molecule has 1 aromatic heterocycles. The van der Waals surface area contributed by atoms with Crippen LogP contribution in [0.25, 0.3) is 11.0 Å². The van der Waals surface area contributed by atoms with Crippen LogP contribution in [0.15, 0.2) is 31.9 Å². The van der Waals surface area contributed by atoms with E-state index >= 15 is 0 Å². The van der Waals surface area contributed by atoms with E-state index in [4.69, 9.17) is 10.2 Å². The zero-order chi connectivity index (χ0) is 15.4. The molecule has 0 aliphatic heterocycles. The largest absolute Gasteiger partial charge is 0.422 e. The summed E-state index contributed by atoms with van der Waals surface area (Å²) in [5.74, 6) is -0.403. The topological polar surface area (TPSA) is 85.3 Å². The highest BCUT2D eigenvalue weighted by molar-refractivity contribution is 9.10. The van der Waals surface area contributed by atoms with Crippen molar-refractivity contribution >= 4 is 45.2 Å². The summed E-state index contributed by atoms with van der Waals surface area (Å²) in [7, 11) is 0. The number of halogens is 2. The first-order valence-corrected chi connectivity index (χ1v) is 7.55. The van der Waals surface area contributed by atoms with Crippen molar-refractivity contribution in [3.8, 4) is 0 Å². The number of hydrogen-bond donors (Lipinski definition) is 2. The molecular formula is C15H18BrClN2O3. The Morgan fingerprint density at radius 3 is 2.77 bits per heavy atom. The summed E-state index contributed by atoms with van der Waals surface area (Å²) in [4.78, 5) is 24.2. The lowest BCUT2D eigenvalue weighted by Gasteiger charge is -2.08. The van der Waals surface area contributed by atoms with Crippen molar-refractivity contribution in [2.75, 3.05) is 13.1 Å². The van der Waals surface area contributed by atoms with Gasteiger partial charge in [-0.1, -0.05) is 15.9 Å². The molecule has 0 saturated heterocycles. The fraction of sp³-hybridized carbons (Fsp3) is 0.333. The summed E-state index contributed by atoms with van der Waals surface area (Å²) in [6, 6.07) is 5.33. The molecular weight excluding hydrogens is 372 g/mol. The number of benzene rings is 1. The minimum absolute atomic E-state index is 0. The molecule has 0 bridgehead atoms. The molecule has 0 radical (unpaired) electrons. The van der Waals surface area contributed by atoms with Crippen LogP contribution >= 0.6 is 28.3 Å². The Morgan fingerprint density at radius 1 is 1.36 bits per heavy atom. The number of fused-ring (bicyclic) bond motifs is 1. The molecule has 22 heavy (non-hydrogen) atoms. The number of carbonyl (C=O) groups excluding carboxylic acids is 1. The molecule has 0 saturated carbocycles. The van der Waals surface area contributed by atoms with Gasteiger partial charge in [0.2, 0.25) is 0 Å². The Labute approximate surface area is 142 Å². The molecule has 1 heterocycles. The van der Waals surface area contributed by atoms with Crippen LogP contribution in [-0.2, 0) is 0 Å². The molecule has 2 rings (SSSR count). The number of rotatable bonds is 5. The maximum Gasteiger partial charge on any atom is 0.349 e. The number of aryl methyl sites for hydroxylation is 1. The van der Waals surface area contributed by atoms with E-state index in [0.29, 0.717) is 24.2 Å². The molecule has 120 valence electrons. The maximum absolute atomic E-state index is 12.2. The zero-order valence-corrected chi connectivity index (χ0v) is 14.6. The number of unbranched alkanes of at least 4 members (excludes halogenated alkanes) is 1. The number of amides is 1. The van der Waals surface area contributed by atoms with Crippen molar-refractivity contribution < 1.29 is 9.21 Å². The zero-order valence-electron chi connectivity index (χ0n) is 12.1. The minimum Gasteiger partial charge on any atom is -0.422 e. The SMILES string of the molecule is Cc1c(C(=O)NCCCCN)c(=O)oc2ccc(Br)cc12.Cl. The lowest BCUT2D eigenvalue weighted by Crippen LogP contribution is -2.30. The first-order valence-electron chi connectivity index (χ1n) is 6.76. The lowest BCUT2D eigenvalue weighted by molar-refractivity contribution is 0.0949. The molecule has 0 aliphatic carbocycles. The van der Waals surface area contributed by atoms with Gasteiger partial charge in [0.1, 0.15) is 11.1 Å². The molecule has 2 aromatic rings. The van der Waals surface area contributed by atoms with Crippen molar-refractivity contribution in [2.24, 2.45) is 5.73 Å². The summed E-state index contributed by atoms with van der Waals surface area (Å²) in [6.45, 7) is 2.83. The van der Waals surface area contributed by atoms with Gasteiger partial charge in [0.25, 0.3) is 5.91 Å². The van der Waals surface area contributed by atoms with E-state index in [-0.39, 0.29) is 18.0 Å². The summed E-state index contributed by atoms with van der Waals surface area (Å²) in [6.07, 6.45) is 1.62. The van der Waals surface area contributed by atoms with Crippen molar-refractivity contribution in [3.63, 3.8) is 0 Å². The summed E-state index contributed by atoms with van der Waals surface area (Å²) >= 11 is 3.37. The van der Waals surface area contributed by atoms with E-state index in [1.54, 1.807) is 19.1 Å². The van der Waals surface area contributed by atoms with Gasteiger partial charge < -0.3 is 15.5 Å². The van der Waals surface area contributed by atoms with Gasteiger partial charge in [-0.2, -0.15) is 0 Å². The normalized spacial score (nSPS) is 10.3. The first kappa shape index (κ1) is 18.7. The van der Waals surface area contributed by atoms with Crippen LogP contribution in [0.5, 0.6) is 0 Å². The third-order valence-electron chi connectivity index (χ3n) is 3.27. The Balaban J connectivity index is 0.00000242. The van der Waals surface area contributed by atoms with Crippen LogP contribution in [-0.4, -0.2) is 19.0 Å². The van der Waals surface area contributed by atoms with E-state index < -0.39 is 11.5 Å². The second-order valence-electron chi connectivity index (χ2n) is 4.78. The van der Waals surface area contributed by atoms with Crippen LogP contribution in [0.2, 0.25) is 0 Å². The van der Waals surface area contributed by atoms with Gasteiger partial charge in [-0.05, 0) is 50.1 Å². The fourth-order valence-corrected chi connectivity index (χ4v) is 2.51. The van der Waals surface area contributed by atoms with Gasteiger partial charge >= 0.3 is 5.63 Å². The van der Waals surface area contributed by atoms with Crippen molar-refractivity contribution in [1.82, 2.24) is 5.32 Å². The van der Waals surface area contributed by atoms with Gasteiger partial charge in [0.05, 0.1) is 0 Å². The molecule has 0 atom stereocenters. The number of nitrogens with one attached hydrogen (secondary N) is 1. The highest BCUT2D eigenvalue weighted by Gasteiger charge is 2.18. The smallest absolute Gasteiger partial charge is 0.349 e. The molecule has 0 spiro atoms. The highest BCUT2D eigenvalue weighted by Crippen LogP contribution is 2.23. The Morgan fingerprint density at radius 2 is 2.09 bits per heavy atom. The van der Waals surface area contributed by atoms with Crippen molar-refractivity contribution in [2.45, 2.75) is 19.8 Å². The summed E-state index contributed by atoms with van der Waals surface area (Å²) < 4.78 is 6.08. The quantitative estimate of drug-likeness (QED) is 0.608. The van der Waals surface area contributed by atoms with Gasteiger partial charge in [-0.15, -0.1) is 12.4 Å². The second kappa shape index (κ2) is 8.31. The van der Waals surface area contributed by atoms with Gasteiger partial charge in [-0.25, -0.2) is 4.79 Å². The van der Waals surface area contributed by atoms with Crippen LogP contribution < -0.4 is 16.7 Å². The summed E-state index contributed by atoms with van der Waals surface area (Å²) in [5.41, 5.74) is 5.95. The molecule has 1 aromatic carbocycles. The van der Waals surface area contributed by atoms with Crippen molar-refractivity contribution in [1.29, 1.82) is 0 Å². The van der Waals surface area contributed by atoms with E-state index in [9.17, 15) is 9.59 Å². The number of nitrogens with two attached hydrogens (primary N) is 1. The van der Waals surface area contributed by atoms with Crippen molar-refractivity contribution in [3.05, 3.63) is 44.2 Å². The Bertz CT molecular complexity index is 731. The third-order valence-corrected chi connectivity index (χ3v) is 3.76.